The Hall–Kier alpha value is -1.72. The Morgan fingerprint density at radius 2 is 2.33 bits per heavy atom. The summed E-state index contributed by atoms with van der Waals surface area (Å²) in [4.78, 5) is 8.69. The number of nitrogens with zero attached hydrogens (tertiary/aromatic N) is 2. The van der Waals surface area contributed by atoms with E-state index < -0.39 is 0 Å². The van der Waals surface area contributed by atoms with Gasteiger partial charge in [-0.3, -0.25) is 0 Å². The van der Waals surface area contributed by atoms with Crippen LogP contribution >= 0.6 is 11.3 Å². The lowest BCUT2D eigenvalue weighted by Crippen LogP contribution is -2.17. The first kappa shape index (κ1) is 11.4. The Morgan fingerprint density at radius 1 is 1.44 bits per heavy atom. The summed E-state index contributed by atoms with van der Waals surface area (Å²) in [7, 11) is 0. The topological polar surface area (TPSA) is 64.9 Å². The van der Waals surface area contributed by atoms with E-state index >= 15 is 0 Å². The number of oxazole rings is 1. The van der Waals surface area contributed by atoms with Crippen LogP contribution in [-0.2, 0) is 6.42 Å². The van der Waals surface area contributed by atoms with Crippen molar-refractivity contribution in [3.63, 3.8) is 0 Å². The van der Waals surface area contributed by atoms with Gasteiger partial charge in [0, 0.05) is 23.4 Å². The first-order valence-corrected chi connectivity index (χ1v) is 6.64. The number of thiazole rings is 1. The van der Waals surface area contributed by atoms with Gasteiger partial charge in [-0.05, 0) is 25.1 Å². The molecule has 1 atom stereocenters. The summed E-state index contributed by atoms with van der Waals surface area (Å²) in [5.74, 6) is 0. The van der Waals surface area contributed by atoms with Crippen LogP contribution in [-0.4, -0.2) is 16.0 Å². The molecule has 0 spiro atoms. The molecule has 0 saturated carbocycles. The predicted molar refractivity (Wildman–Crippen MR) is 72.5 cm³/mol. The molecule has 0 bridgehead atoms. The lowest BCUT2D eigenvalue weighted by Gasteiger charge is -2.00. The van der Waals surface area contributed by atoms with Crippen LogP contribution < -0.4 is 5.73 Å². The van der Waals surface area contributed by atoms with E-state index in [0.717, 1.165) is 33.8 Å². The van der Waals surface area contributed by atoms with Crippen LogP contribution in [0.3, 0.4) is 0 Å². The summed E-state index contributed by atoms with van der Waals surface area (Å²) in [5, 5.41) is 3.05. The van der Waals surface area contributed by atoms with Crippen molar-refractivity contribution in [3.05, 3.63) is 35.7 Å². The van der Waals surface area contributed by atoms with Gasteiger partial charge in [0.25, 0.3) is 0 Å². The van der Waals surface area contributed by atoms with Crippen LogP contribution in [0.1, 0.15) is 12.6 Å². The largest absolute Gasteiger partial charge is 0.443 e. The van der Waals surface area contributed by atoms with Gasteiger partial charge in [0.1, 0.15) is 10.5 Å². The Balaban J connectivity index is 1.95. The molecule has 0 aliphatic rings. The number of benzene rings is 1. The quantitative estimate of drug-likeness (QED) is 0.785. The van der Waals surface area contributed by atoms with Crippen molar-refractivity contribution in [2.24, 2.45) is 5.73 Å². The molecule has 0 fully saturated rings. The maximum atomic E-state index is 5.77. The maximum absolute atomic E-state index is 5.77. The monoisotopic (exact) mass is 259 g/mol. The van der Waals surface area contributed by atoms with E-state index in [0.29, 0.717) is 0 Å². The molecule has 0 aliphatic carbocycles. The van der Waals surface area contributed by atoms with Crippen LogP contribution in [0, 0.1) is 0 Å². The van der Waals surface area contributed by atoms with E-state index in [1.54, 1.807) is 11.3 Å². The fraction of sp³-hybridized carbons (Fsp3) is 0.231. The van der Waals surface area contributed by atoms with Gasteiger partial charge in [0.15, 0.2) is 12.0 Å². The molecular weight excluding hydrogens is 246 g/mol. The van der Waals surface area contributed by atoms with E-state index in [1.807, 2.05) is 25.1 Å². The molecule has 0 amide bonds. The van der Waals surface area contributed by atoms with Gasteiger partial charge in [-0.15, -0.1) is 11.3 Å². The second-order valence-corrected chi connectivity index (χ2v) is 5.22. The van der Waals surface area contributed by atoms with Crippen molar-refractivity contribution >= 4 is 22.4 Å². The first-order valence-electron chi connectivity index (χ1n) is 5.76. The predicted octanol–water partition coefficient (Wildman–Crippen LogP) is 2.84. The van der Waals surface area contributed by atoms with Gasteiger partial charge < -0.3 is 10.2 Å². The molecule has 2 heterocycles. The average Bonchev–Trinajstić information content (AvgIpc) is 2.95. The molecule has 0 saturated heterocycles. The van der Waals surface area contributed by atoms with Crippen LogP contribution in [0.15, 0.2) is 34.4 Å². The fourth-order valence-electron chi connectivity index (χ4n) is 1.85. The van der Waals surface area contributed by atoms with E-state index in [-0.39, 0.29) is 6.04 Å². The first-order chi connectivity index (χ1) is 8.72. The third-order valence-corrected chi connectivity index (χ3v) is 3.60. The Morgan fingerprint density at radius 3 is 3.17 bits per heavy atom. The van der Waals surface area contributed by atoms with Gasteiger partial charge in [-0.1, -0.05) is 0 Å². The average molecular weight is 259 g/mol. The second kappa shape index (κ2) is 4.51. The summed E-state index contributed by atoms with van der Waals surface area (Å²) in [6, 6.07) is 6.06. The van der Waals surface area contributed by atoms with E-state index in [1.165, 1.54) is 6.39 Å². The highest BCUT2D eigenvalue weighted by molar-refractivity contribution is 7.13. The number of aromatic nitrogens is 2. The maximum Gasteiger partial charge on any atom is 0.181 e. The fourth-order valence-corrected chi connectivity index (χ4v) is 2.68. The molecular formula is C13H13N3OS. The standard InChI is InChI=1S/C13H13N3OS/c1-8(14)4-10-6-18-13(16-10)9-2-3-11-12(5-9)17-7-15-11/h2-3,5-8H,4,14H2,1H3. The summed E-state index contributed by atoms with van der Waals surface area (Å²) >= 11 is 1.63. The van der Waals surface area contributed by atoms with Crippen LogP contribution in [0.25, 0.3) is 21.7 Å². The second-order valence-electron chi connectivity index (χ2n) is 4.36. The lowest BCUT2D eigenvalue weighted by atomic mass is 10.2. The van der Waals surface area contributed by atoms with E-state index in [9.17, 15) is 0 Å². The molecule has 1 aromatic carbocycles. The highest BCUT2D eigenvalue weighted by atomic mass is 32.1. The summed E-state index contributed by atoms with van der Waals surface area (Å²) in [6.45, 7) is 1.99. The molecule has 5 heteroatoms. The highest BCUT2D eigenvalue weighted by Crippen LogP contribution is 2.27. The molecule has 18 heavy (non-hydrogen) atoms. The Labute approximate surface area is 108 Å². The van der Waals surface area contributed by atoms with Gasteiger partial charge in [-0.2, -0.15) is 0 Å². The Bertz CT molecular complexity index is 671. The SMILES string of the molecule is CC(N)Cc1csc(-c2ccc3ncoc3c2)n1. The summed E-state index contributed by atoms with van der Waals surface area (Å²) in [6.07, 6.45) is 2.26. The van der Waals surface area contributed by atoms with Crippen molar-refractivity contribution in [2.45, 2.75) is 19.4 Å². The van der Waals surface area contributed by atoms with Crippen molar-refractivity contribution < 1.29 is 4.42 Å². The third-order valence-electron chi connectivity index (χ3n) is 2.66. The smallest absolute Gasteiger partial charge is 0.181 e. The number of fused-ring (bicyclic) bond motifs is 1. The highest BCUT2D eigenvalue weighted by Gasteiger charge is 2.08. The Kier molecular flexibility index (Phi) is 2.85. The zero-order valence-electron chi connectivity index (χ0n) is 9.96. The summed E-state index contributed by atoms with van der Waals surface area (Å²) in [5.41, 5.74) is 9.53. The van der Waals surface area contributed by atoms with Gasteiger partial charge >= 0.3 is 0 Å². The third kappa shape index (κ3) is 2.14. The zero-order chi connectivity index (χ0) is 12.5. The van der Waals surface area contributed by atoms with Gasteiger partial charge in [0.05, 0.1) is 5.69 Å². The van der Waals surface area contributed by atoms with Crippen LogP contribution in [0.2, 0.25) is 0 Å². The van der Waals surface area contributed by atoms with Crippen molar-refractivity contribution in [1.29, 1.82) is 0 Å². The normalized spacial score (nSPS) is 13.0. The summed E-state index contributed by atoms with van der Waals surface area (Å²) < 4.78 is 5.30. The van der Waals surface area contributed by atoms with Gasteiger partial charge in [0.2, 0.25) is 0 Å². The number of hydrogen-bond donors (Lipinski definition) is 1. The lowest BCUT2D eigenvalue weighted by molar-refractivity contribution is 0.602. The van der Waals surface area contributed by atoms with Crippen molar-refractivity contribution in [3.8, 4) is 10.6 Å². The molecule has 3 aromatic rings. The molecule has 2 N–H and O–H groups in total. The minimum atomic E-state index is 0.136. The van der Waals surface area contributed by atoms with Crippen LogP contribution in [0.4, 0.5) is 0 Å². The van der Waals surface area contributed by atoms with E-state index in [4.69, 9.17) is 10.2 Å². The van der Waals surface area contributed by atoms with Gasteiger partial charge in [-0.25, -0.2) is 9.97 Å². The minimum absolute atomic E-state index is 0.136. The van der Waals surface area contributed by atoms with E-state index in [2.05, 4.69) is 15.3 Å². The molecule has 4 nitrogen and oxygen atoms in total. The number of rotatable bonds is 3. The molecule has 92 valence electrons. The molecule has 1 unspecified atom stereocenters. The number of hydrogen-bond acceptors (Lipinski definition) is 5. The molecule has 2 aromatic heterocycles. The van der Waals surface area contributed by atoms with Crippen molar-refractivity contribution in [1.82, 2.24) is 9.97 Å². The van der Waals surface area contributed by atoms with Crippen molar-refractivity contribution in [2.75, 3.05) is 0 Å². The number of nitrogens with two attached hydrogens (primary N) is 1. The molecule has 0 aliphatic heterocycles. The zero-order valence-corrected chi connectivity index (χ0v) is 10.8. The van der Waals surface area contributed by atoms with Crippen LogP contribution in [0.5, 0.6) is 0 Å². The molecule has 0 radical (unpaired) electrons. The molecule has 3 rings (SSSR count). The minimum Gasteiger partial charge on any atom is -0.443 e.